The van der Waals surface area contributed by atoms with E-state index in [2.05, 4.69) is 5.32 Å². The van der Waals surface area contributed by atoms with Gasteiger partial charge in [0.2, 0.25) is 0 Å². The average Bonchev–Trinajstić information content (AvgIpc) is 2.75. The third-order valence-corrected chi connectivity index (χ3v) is 4.66. The molecular formula is C21H18ClN3O7. The van der Waals surface area contributed by atoms with E-state index >= 15 is 0 Å². The lowest BCUT2D eigenvalue weighted by molar-refractivity contribution is -0.123. The molecule has 0 unspecified atom stereocenters. The quantitative estimate of drug-likeness (QED) is 0.476. The van der Waals surface area contributed by atoms with Gasteiger partial charge in [0.25, 0.3) is 17.7 Å². The molecule has 2 aromatic rings. The van der Waals surface area contributed by atoms with E-state index in [0.717, 1.165) is 4.90 Å². The zero-order valence-electron chi connectivity index (χ0n) is 17.0. The fourth-order valence-corrected chi connectivity index (χ4v) is 3.13. The molecule has 0 spiro atoms. The first-order valence-electron chi connectivity index (χ1n) is 9.09. The van der Waals surface area contributed by atoms with Gasteiger partial charge in [-0.15, -0.1) is 0 Å². The van der Waals surface area contributed by atoms with Gasteiger partial charge in [-0.05, 0) is 35.9 Å². The first-order chi connectivity index (χ1) is 15.2. The van der Waals surface area contributed by atoms with Crippen LogP contribution in [0.25, 0.3) is 6.08 Å². The van der Waals surface area contributed by atoms with Gasteiger partial charge in [0, 0.05) is 6.07 Å². The van der Waals surface area contributed by atoms with Crippen molar-refractivity contribution in [2.24, 2.45) is 5.73 Å². The summed E-state index contributed by atoms with van der Waals surface area (Å²) in [5, 5.41) is 2.26. The number of urea groups is 1. The molecule has 166 valence electrons. The fourth-order valence-electron chi connectivity index (χ4n) is 2.89. The number of hydrogen-bond acceptors (Lipinski definition) is 7. The third kappa shape index (κ3) is 4.65. The zero-order valence-corrected chi connectivity index (χ0v) is 17.8. The van der Waals surface area contributed by atoms with Crippen molar-refractivity contribution in [3.05, 3.63) is 52.6 Å². The van der Waals surface area contributed by atoms with Gasteiger partial charge in [0.1, 0.15) is 22.8 Å². The van der Waals surface area contributed by atoms with Crippen molar-refractivity contribution in [1.82, 2.24) is 5.32 Å². The summed E-state index contributed by atoms with van der Waals surface area (Å²) in [7, 11) is 2.83. The molecule has 0 radical (unpaired) electrons. The molecular weight excluding hydrogens is 442 g/mol. The van der Waals surface area contributed by atoms with Crippen LogP contribution in [0, 0.1) is 0 Å². The van der Waals surface area contributed by atoms with Crippen molar-refractivity contribution in [3.8, 4) is 17.2 Å². The van der Waals surface area contributed by atoms with E-state index in [-0.39, 0.29) is 34.4 Å². The van der Waals surface area contributed by atoms with Gasteiger partial charge in [-0.25, -0.2) is 9.69 Å². The Morgan fingerprint density at radius 3 is 2.47 bits per heavy atom. The maximum Gasteiger partial charge on any atom is 0.336 e. The van der Waals surface area contributed by atoms with Crippen molar-refractivity contribution in [3.63, 3.8) is 0 Å². The standard InChI is InChI=1S/C21H18ClN3O7/c1-30-12-4-5-15(17(9-12)31-2)25-20(28)13(19(27)24-21(25)29)7-11-3-6-16(14(22)8-11)32-10-18(23)26/h3-9H,10H2,1-2H3,(H2,23,26)(H,24,27,29). The number of amides is 5. The second-order valence-electron chi connectivity index (χ2n) is 6.44. The molecule has 0 saturated carbocycles. The Morgan fingerprint density at radius 1 is 1.09 bits per heavy atom. The van der Waals surface area contributed by atoms with Gasteiger partial charge < -0.3 is 19.9 Å². The molecule has 10 nitrogen and oxygen atoms in total. The number of nitrogens with two attached hydrogens (primary N) is 1. The molecule has 1 fully saturated rings. The van der Waals surface area contributed by atoms with Crippen molar-refractivity contribution in [1.29, 1.82) is 0 Å². The van der Waals surface area contributed by atoms with Gasteiger partial charge in [0.05, 0.1) is 24.9 Å². The molecule has 1 saturated heterocycles. The van der Waals surface area contributed by atoms with Crippen LogP contribution in [-0.2, 0) is 14.4 Å². The summed E-state index contributed by atoms with van der Waals surface area (Å²) in [6.45, 7) is -0.359. The highest BCUT2D eigenvalue weighted by Gasteiger charge is 2.38. The van der Waals surface area contributed by atoms with E-state index in [9.17, 15) is 19.2 Å². The molecule has 0 aliphatic carbocycles. The van der Waals surface area contributed by atoms with E-state index in [1.165, 1.54) is 50.6 Å². The number of halogens is 1. The summed E-state index contributed by atoms with van der Waals surface area (Å²) in [4.78, 5) is 49.5. The number of nitrogens with one attached hydrogen (secondary N) is 1. The SMILES string of the molecule is COc1ccc(N2C(=O)NC(=O)C(=Cc3ccc(OCC(N)=O)c(Cl)c3)C2=O)c(OC)c1. The minimum Gasteiger partial charge on any atom is -0.497 e. The Labute approximate surface area is 187 Å². The molecule has 5 amide bonds. The number of ether oxygens (including phenoxy) is 3. The van der Waals surface area contributed by atoms with Crippen LogP contribution in [0.2, 0.25) is 5.02 Å². The van der Waals surface area contributed by atoms with E-state index in [1.807, 2.05) is 0 Å². The monoisotopic (exact) mass is 459 g/mol. The third-order valence-electron chi connectivity index (χ3n) is 4.37. The predicted octanol–water partition coefficient (Wildman–Crippen LogP) is 1.89. The Kier molecular flexibility index (Phi) is 6.64. The van der Waals surface area contributed by atoms with Crippen LogP contribution < -0.4 is 30.2 Å². The highest BCUT2D eigenvalue weighted by Crippen LogP contribution is 2.34. The zero-order chi connectivity index (χ0) is 23.4. The van der Waals surface area contributed by atoms with Crippen LogP contribution in [0.3, 0.4) is 0 Å². The number of anilines is 1. The van der Waals surface area contributed by atoms with Gasteiger partial charge in [0.15, 0.2) is 6.61 Å². The molecule has 3 N–H and O–H groups in total. The van der Waals surface area contributed by atoms with Crippen molar-refractivity contribution in [2.45, 2.75) is 0 Å². The van der Waals surface area contributed by atoms with Crippen LogP contribution in [0.5, 0.6) is 17.2 Å². The number of primary amides is 1. The maximum absolute atomic E-state index is 13.1. The molecule has 32 heavy (non-hydrogen) atoms. The molecule has 0 aromatic heterocycles. The van der Waals surface area contributed by atoms with Gasteiger partial charge in [-0.3, -0.25) is 19.7 Å². The number of nitrogens with zero attached hydrogens (tertiary/aromatic N) is 1. The molecule has 1 aliphatic rings. The summed E-state index contributed by atoms with van der Waals surface area (Å²) in [5.74, 6) is -1.54. The minimum absolute atomic E-state index is 0.127. The molecule has 11 heteroatoms. The summed E-state index contributed by atoms with van der Waals surface area (Å²) in [6, 6.07) is 7.99. The largest absolute Gasteiger partial charge is 0.497 e. The van der Waals surface area contributed by atoms with Gasteiger partial charge in [-0.1, -0.05) is 17.7 Å². The molecule has 0 atom stereocenters. The number of rotatable bonds is 7. The van der Waals surface area contributed by atoms with Crippen molar-refractivity contribution < 1.29 is 33.4 Å². The fraction of sp³-hybridized carbons (Fsp3) is 0.143. The summed E-state index contributed by atoms with van der Waals surface area (Å²) in [5.41, 5.74) is 5.25. The topological polar surface area (TPSA) is 137 Å². The van der Waals surface area contributed by atoms with Gasteiger partial charge >= 0.3 is 6.03 Å². The first-order valence-corrected chi connectivity index (χ1v) is 9.47. The van der Waals surface area contributed by atoms with E-state index in [4.69, 9.17) is 31.5 Å². The number of barbiturate groups is 1. The molecule has 2 aromatic carbocycles. The van der Waals surface area contributed by atoms with Crippen LogP contribution >= 0.6 is 11.6 Å². The van der Waals surface area contributed by atoms with E-state index in [1.54, 1.807) is 6.07 Å². The predicted molar refractivity (Wildman–Crippen MR) is 115 cm³/mol. The minimum atomic E-state index is -0.922. The molecule has 1 heterocycles. The smallest absolute Gasteiger partial charge is 0.336 e. The number of hydrogen-bond donors (Lipinski definition) is 2. The molecule has 1 aliphatic heterocycles. The summed E-state index contributed by atoms with van der Waals surface area (Å²) < 4.78 is 15.6. The highest BCUT2D eigenvalue weighted by atomic mass is 35.5. The Bertz CT molecular complexity index is 1150. The highest BCUT2D eigenvalue weighted by molar-refractivity contribution is 6.39. The van der Waals surface area contributed by atoms with E-state index in [0.29, 0.717) is 11.3 Å². The van der Waals surface area contributed by atoms with Crippen LogP contribution in [0.4, 0.5) is 10.5 Å². The van der Waals surface area contributed by atoms with Crippen LogP contribution in [0.1, 0.15) is 5.56 Å². The number of carbonyl (C=O) groups is 4. The number of imide groups is 2. The number of carbonyl (C=O) groups excluding carboxylic acids is 4. The average molecular weight is 460 g/mol. The maximum atomic E-state index is 13.1. The second-order valence-corrected chi connectivity index (χ2v) is 6.85. The van der Waals surface area contributed by atoms with Crippen molar-refractivity contribution >= 4 is 47.1 Å². The van der Waals surface area contributed by atoms with Crippen LogP contribution in [-0.4, -0.2) is 44.6 Å². The van der Waals surface area contributed by atoms with Crippen molar-refractivity contribution in [2.75, 3.05) is 25.7 Å². The normalized spacial score (nSPS) is 14.9. The molecule has 3 rings (SSSR count). The lowest BCUT2D eigenvalue weighted by Crippen LogP contribution is -2.54. The number of benzene rings is 2. The summed E-state index contributed by atoms with van der Waals surface area (Å²) >= 11 is 6.13. The Morgan fingerprint density at radius 2 is 1.84 bits per heavy atom. The number of methoxy groups -OCH3 is 2. The lowest BCUT2D eigenvalue weighted by atomic mass is 10.1. The Balaban J connectivity index is 1.96. The van der Waals surface area contributed by atoms with E-state index < -0.39 is 23.8 Å². The Hall–Kier alpha value is -4.05. The van der Waals surface area contributed by atoms with Gasteiger partial charge in [-0.2, -0.15) is 0 Å². The second kappa shape index (κ2) is 9.40. The first kappa shape index (κ1) is 22.6. The lowest BCUT2D eigenvalue weighted by Gasteiger charge is -2.27. The molecule has 0 bridgehead atoms. The summed E-state index contributed by atoms with van der Waals surface area (Å²) in [6.07, 6.45) is 1.27. The van der Waals surface area contributed by atoms with Crippen LogP contribution in [0.15, 0.2) is 42.0 Å².